The highest BCUT2D eigenvalue weighted by Crippen LogP contribution is 2.16. The molecule has 0 amide bonds. The molecular weight excluding hydrogens is 793 g/mol. The van der Waals surface area contributed by atoms with Crippen LogP contribution in [0.15, 0.2) is 48.6 Å². The van der Waals surface area contributed by atoms with Gasteiger partial charge in [-0.05, 0) is 70.6 Å². The van der Waals surface area contributed by atoms with E-state index in [1.54, 1.807) is 0 Å². The average Bonchev–Trinajstić information content (AvgIpc) is 3.29. The third-order valence-corrected chi connectivity index (χ3v) is 12.1. The minimum Gasteiger partial charge on any atom is -0.462 e. The number of allylic oxidation sites excluding steroid dienone is 8. The first-order valence-corrected chi connectivity index (χ1v) is 27.7. The third kappa shape index (κ3) is 50.4. The summed E-state index contributed by atoms with van der Waals surface area (Å²) in [6.45, 7) is 6.52. The minimum atomic E-state index is -0.775. The molecule has 0 aromatic rings. The van der Waals surface area contributed by atoms with Gasteiger partial charge in [0.15, 0.2) is 6.10 Å². The monoisotopic (exact) mass is 897 g/mol. The summed E-state index contributed by atoms with van der Waals surface area (Å²) in [5, 5.41) is 0. The molecule has 0 radical (unpaired) electrons. The maximum Gasteiger partial charge on any atom is 0.306 e. The molecule has 1 atom stereocenters. The first kappa shape index (κ1) is 61.4. The van der Waals surface area contributed by atoms with Gasteiger partial charge in [0.1, 0.15) is 13.2 Å². The van der Waals surface area contributed by atoms with Crippen LogP contribution in [0.5, 0.6) is 0 Å². The normalized spacial score (nSPS) is 12.4. The second-order valence-electron chi connectivity index (χ2n) is 18.5. The Labute approximate surface area is 397 Å². The Bertz CT molecular complexity index is 1120. The van der Waals surface area contributed by atoms with E-state index >= 15 is 0 Å². The van der Waals surface area contributed by atoms with Gasteiger partial charge < -0.3 is 14.2 Å². The van der Waals surface area contributed by atoms with Gasteiger partial charge in [-0.1, -0.05) is 243 Å². The van der Waals surface area contributed by atoms with E-state index in [9.17, 15) is 14.4 Å². The van der Waals surface area contributed by atoms with Crippen molar-refractivity contribution in [2.45, 2.75) is 290 Å². The molecule has 64 heavy (non-hydrogen) atoms. The van der Waals surface area contributed by atoms with E-state index in [-0.39, 0.29) is 31.1 Å². The quantitative estimate of drug-likeness (QED) is 0.0199. The second kappa shape index (κ2) is 53.0. The van der Waals surface area contributed by atoms with Crippen LogP contribution in [0, 0.1) is 0 Å². The first-order chi connectivity index (χ1) is 31.5. The van der Waals surface area contributed by atoms with Crippen LogP contribution in [-0.4, -0.2) is 37.2 Å². The van der Waals surface area contributed by atoms with Crippen molar-refractivity contribution in [3.05, 3.63) is 48.6 Å². The van der Waals surface area contributed by atoms with Crippen LogP contribution in [0.25, 0.3) is 0 Å². The Hall–Kier alpha value is -2.63. The molecule has 0 aromatic heterocycles. The molecule has 0 rings (SSSR count). The number of unbranched alkanes of at least 4 members (excludes halogenated alkanes) is 32. The summed E-state index contributed by atoms with van der Waals surface area (Å²) in [4.78, 5) is 38.1. The Morgan fingerprint density at radius 1 is 0.344 bits per heavy atom. The van der Waals surface area contributed by atoms with Gasteiger partial charge in [-0.2, -0.15) is 0 Å². The highest BCUT2D eigenvalue weighted by atomic mass is 16.6. The van der Waals surface area contributed by atoms with Gasteiger partial charge in [-0.15, -0.1) is 0 Å². The fourth-order valence-corrected chi connectivity index (χ4v) is 7.94. The zero-order chi connectivity index (χ0) is 46.5. The molecule has 0 aliphatic rings. The van der Waals surface area contributed by atoms with Gasteiger partial charge in [-0.3, -0.25) is 14.4 Å². The van der Waals surface area contributed by atoms with E-state index < -0.39 is 6.10 Å². The highest BCUT2D eigenvalue weighted by molar-refractivity contribution is 5.71. The average molecular weight is 897 g/mol. The van der Waals surface area contributed by atoms with Crippen LogP contribution in [0.1, 0.15) is 284 Å². The van der Waals surface area contributed by atoms with Gasteiger partial charge in [0.2, 0.25) is 0 Å². The van der Waals surface area contributed by atoms with Gasteiger partial charge >= 0.3 is 17.9 Å². The predicted molar refractivity (Wildman–Crippen MR) is 275 cm³/mol. The fourth-order valence-electron chi connectivity index (χ4n) is 7.94. The van der Waals surface area contributed by atoms with Crippen LogP contribution >= 0.6 is 0 Å². The largest absolute Gasteiger partial charge is 0.462 e. The summed E-state index contributed by atoms with van der Waals surface area (Å²) in [5.74, 6) is -0.875. The number of esters is 3. The topological polar surface area (TPSA) is 78.9 Å². The van der Waals surface area contributed by atoms with Crippen molar-refractivity contribution in [2.75, 3.05) is 13.2 Å². The molecule has 0 spiro atoms. The van der Waals surface area contributed by atoms with E-state index in [1.165, 1.54) is 167 Å². The third-order valence-electron chi connectivity index (χ3n) is 12.1. The van der Waals surface area contributed by atoms with E-state index in [1.807, 2.05) is 0 Å². The van der Waals surface area contributed by atoms with E-state index in [0.717, 1.165) is 77.0 Å². The lowest BCUT2D eigenvalue weighted by molar-refractivity contribution is -0.167. The lowest BCUT2D eigenvalue weighted by atomic mass is 10.0. The van der Waals surface area contributed by atoms with E-state index in [4.69, 9.17) is 14.2 Å². The van der Waals surface area contributed by atoms with E-state index in [2.05, 4.69) is 69.4 Å². The van der Waals surface area contributed by atoms with Gasteiger partial charge in [0.05, 0.1) is 0 Å². The second-order valence-corrected chi connectivity index (χ2v) is 18.5. The first-order valence-electron chi connectivity index (χ1n) is 27.7. The van der Waals surface area contributed by atoms with Crippen LogP contribution in [0.3, 0.4) is 0 Å². The van der Waals surface area contributed by atoms with Crippen molar-refractivity contribution >= 4 is 17.9 Å². The highest BCUT2D eigenvalue weighted by Gasteiger charge is 2.19. The van der Waals surface area contributed by atoms with Crippen molar-refractivity contribution in [3.8, 4) is 0 Å². The zero-order valence-corrected chi connectivity index (χ0v) is 42.6. The summed E-state index contributed by atoms with van der Waals surface area (Å²) in [7, 11) is 0. The summed E-state index contributed by atoms with van der Waals surface area (Å²) >= 11 is 0. The zero-order valence-electron chi connectivity index (χ0n) is 42.6. The van der Waals surface area contributed by atoms with Crippen molar-refractivity contribution in [1.82, 2.24) is 0 Å². The molecule has 6 heteroatoms. The summed E-state index contributed by atoms with van der Waals surface area (Å²) in [6.07, 6.45) is 63.8. The van der Waals surface area contributed by atoms with Gasteiger partial charge in [0.25, 0.3) is 0 Å². The van der Waals surface area contributed by atoms with Gasteiger partial charge in [0, 0.05) is 19.3 Å². The molecule has 0 saturated carbocycles. The SMILES string of the molecule is CC/C=C\C/C=C\CCCCCCCCCC(=O)OC(COC(=O)CCCCCCCCCCCC/C=C\C=C/CCCCC)COC(=O)CCCCCCCCCCCCCCC. The van der Waals surface area contributed by atoms with Crippen molar-refractivity contribution in [1.29, 1.82) is 0 Å². The number of ether oxygens (including phenoxy) is 3. The summed E-state index contributed by atoms with van der Waals surface area (Å²) < 4.78 is 16.8. The standard InChI is InChI=1S/C58H104O6/c1-4-7-10-13-16-19-22-25-27-28-29-30-31-34-36-39-42-45-48-51-57(60)63-54-55(53-62-56(59)50-47-44-41-38-35-32-24-21-18-15-12-9-6-3)64-58(61)52-49-46-43-40-37-33-26-23-20-17-14-11-8-5-2/h8,11,16-17,19-20,22,25,55H,4-7,9-10,12-15,18,21,23-24,26-54H2,1-3H3/b11-8-,19-16-,20-17-,25-22-. The van der Waals surface area contributed by atoms with Crippen LogP contribution < -0.4 is 0 Å². The maximum absolute atomic E-state index is 12.8. The van der Waals surface area contributed by atoms with Crippen molar-refractivity contribution in [2.24, 2.45) is 0 Å². The summed E-state index contributed by atoms with van der Waals surface area (Å²) in [6, 6.07) is 0. The smallest absolute Gasteiger partial charge is 0.306 e. The molecule has 0 heterocycles. The van der Waals surface area contributed by atoms with Crippen LogP contribution in [0.2, 0.25) is 0 Å². The number of hydrogen-bond acceptors (Lipinski definition) is 6. The lowest BCUT2D eigenvalue weighted by Gasteiger charge is -2.18. The van der Waals surface area contributed by atoms with Crippen LogP contribution in [0.4, 0.5) is 0 Å². The number of carbonyl (C=O) groups is 3. The number of hydrogen-bond donors (Lipinski definition) is 0. The molecule has 0 bridgehead atoms. The molecule has 0 fully saturated rings. The Balaban J connectivity index is 4.33. The number of rotatable bonds is 50. The lowest BCUT2D eigenvalue weighted by Crippen LogP contribution is -2.30. The fraction of sp³-hybridized carbons (Fsp3) is 0.810. The molecular formula is C58H104O6. The van der Waals surface area contributed by atoms with Crippen molar-refractivity contribution in [3.63, 3.8) is 0 Å². The molecule has 0 aliphatic heterocycles. The maximum atomic E-state index is 12.8. The molecule has 372 valence electrons. The molecule has 0 aromatic carbocycles. The molecule has 0 aliphatic carbocycles. The Morgan fingerprint density at radius 3 is 1.06 bits per heavy atom. The van der Waals surface area contributed by atoms with E-state index in [0.29, 0.717) is 19.3 Å². The molecule has 0 saturated heterocycles. The molecule has 0 N–H and O–H groups in total. The van der Waals surface area contributed by atoms with Crippen LogP contribution in [-0.2, 0) is 28.6 Å². The Kier molecular flexibility index (Phi) is 50.8. The predicted octanol–water partition coefficient (Wildman–Crippen LogP) is 18.3. The molecule has 6 nitrogen and oxygen atoms in total. The van der Waals surface area contributed by atoms with Crippen molar-refractivity contribution < 1.29 is 28.6 Å². The Morgan fingerprint density at radius 2 is 0.656 bits per heavy atom. The van der Waals surface area contributed by atoms with Gasteiger partial charge in [-0.25, -0.2) is 0 Å². The number of carbonyl (C=O) groups excluding carboxylic acids is 3. The minimum absolute atomic E-state index is 0.0746. The molecule has 1 unspecified atom stereocenters. The summed E-state index contributed by atoms with van der Waals surface area (Å²) in [5.41, 5.74) is 0.